The minimum absolute atomic E-state index is 0.0516. The number of carbonyl (C=O) groups excluding carboxylic acids is 2. The molecule has 7 heteroatoms. The Morgan fingerprint density at radius 1 is 1.07 bits per heavy atom. The van der Waals surface area contributed by atoms with Gasteiger partial charge in [-0.3, -0.25) is 9.59 Å². The maximum Gasteiger partial charge on any atom is 0.262 e. The zero-order valence-electron chi connectivity index (χ0n) is 14.7. The summed E-state index contributed by atoms with van der Waals surface area (Å²) >= 11 is 0. The molecule has 0 spiro atoms. The first-order valence-corrected chi connectivity index (χ1v) is 8.93. The summed E-state index contributed by atoms with van der Waals surface area (Å²) in [5.74, 6) is 1.73. The van der Waals surface area contributed by atoms with Gasteiger partial charge in [-0.2, -0.15) is 0 Å². The topological polar surface area (TPSA) is 85.9 Å². The Kier molecular flexibility index (Phi) is 4.82. The number of anilines is 2. The van der Waals surface area contributed by atoms with Gasteiger partial charge in [-0.1, -0.05) is 12.1 Å². The smallest absolute Gasteiger partial charge is 0.262 e. The summed E-state index contributed by atoms with van der Waals surface area (Å²) < 4.78 is 16.5. The quantitative estimate of drug-likeness (QED) is 0.848. The predicted molar refractivity (Wildman–Crippen MR) is 99.6 cm³/mol. The highest BCUT2D eigenvalue weighted by Crippen LogP contribution is 2.35. The van der Waals surface area contributed by atoms with Gasteiger partial charge >= 0.3 is 0 Å². The van der Waals surface area contributed by atoms with Gasteiger partial charge in [0.15, 0.2) is 23.9 Å². The zero-order valence-corrected chi connectivity index (χ0v) is 14.7. The predicted octanol–water partition coefficient (Wildman–Crippen LogP) is 2.75. The van der Waals surface area contributed by atoms with E-state index in [1.165, 1.54) is 0 Å². The SMILES string of the molecule is O=C(CCCc1ccc2c(c1)OCCO2)Nc1cccc2c1OCC(=O)N2. The van der Waals surface area contributed by atoms with Crippen LogP contribution in [0.4, 0.5) is 11.4 Å². The number of benzene rings is 2. The van der Waals surface area contributed by atoms with Crippen LogP contribution in [-0.4, -0.2) is 31.6 Å². The molecular formula is C20H20N2O5. The number of nitrogens with one attached hydrogen (secondary N) is 2. The van der Waals surface area contributed by atoms with Crippen LogP contribution >= 0.6 is 0 Å². The van der Waals surface area contributed by atoms with Crippen molar-refractivity contribution in [1.82, 2.24) is 0 Å². The second-order valence-electron chi connectivity index (χ2n) is 6.40. The standard InChI is InChI=1S/C20H20N2O5/c23-18(21-14-4-2-5-15-20(14)27-12-19(24)22-15)6-1-3-13-7-8-16-17(11-13)26-10-9-25-16/h2,4-5,7-8,11H,1,3,6,9-10,12H2,(H,21,23)(H,22,24). The van der Waals surface area contributed by atoms with E-state index >= 15 is 0 Å². The number of amides is 2. The highest BCUT2D eigenvalue weighted by molar-refractivity contribution is 5.99. The van der Waals surface area contributed by atoms with Gasteiger partial charge in [-0.05, 0) is 42.7 Å². The largest absolute Gasteiger partial charge is 0.486 e. The van der Waals surface area contributed by atoms with Gasteiger partial charge in [0.05, 0.1) is 11.4 Å². The van der Waals surface area contributed by atoms with E-state index in [0.29, 0.717) is 43.2 Å². The average molecular weight is 368 g/mol. The minimum Gasteiger partial charge on any atom is -0.486 e. The fourth-order valence-corrected chi connectivity index (χ4v) is 3.12. The molecule has 0 bridgehead atoms. The molecule has 7 nitrogen and oxygen atoms in total. The van der Waals surface area contributed by atoms with Gasteiger partial charge in [-0.25, -0.2) is 0 Å². The van der Waals surface area contributed by atoms with Crippen molar-refractivity contribution >= 4 is 23.2 Å². The molecule has 27 heavy (non-hydrogen) atoms. The van der Waals surface area contributed by atoms with Crippen LogP contribution in [0.3, 0.4) is 0 Å². The van der Waals surface area contributed by atoms with Crippen molar-refractivity contribution in [2.75, 3.05) is 30.5 Å². The highest BCUT2D eigenvalue weighted by atomic mass is 16.6. The van der Waals surface area contributed by atoms with Crippen LogP contribution in [0.15, 0.2) is 36.4 Å². The van der Waals surface area contributed by atoms with E-state index in [1.807, 2.05) is 18.2 Å². The molecule has 2 heterocycles. The first-order valence-electron chi connectivity index (χ1n) is 8.93. The molecule has 2 aliphatic heterocycles. The average Bonchev–Trinajstić information content (AvgIpc) is 2.68. The molecule has 2 N–H and O–H groups in total. The van der Waals surface area contributed by atoms with Gasteiger partial charge in [0, 0.05) is 6.42 Å². The van der Waals surface area contributed by atoms with E-state index in [1.54, 1.807) is 18.2 Å². The lowest BCUT2D eigenvalue weighted by Crippen LogP contribution is -2.26. The molecule has 0 aromatic heterocycles. The molecule has 0 saturated carbocycles. The van der Waals surface area contributed by atoms with Gasteiger partial charge < -0.3 is 24.8 Å². The summed E-state index contributed by atoms with van der Waals surface area (Å²) in [5.41, 5.74) is 2.24. The number of aryl methyl sites for hydroxylation is 1. The Labute approximate surface area is 156 Å². The minimum atomic E-state index is -0.203. The molecule has 4 rings (SSSR count). The van der Waals surface area contributed by atoms with Crippen LogP contribution < -0.4 is 24.8 Å². The van der Waals surface area contributed by atoms with Crippen LogP contribution in [0.1, 0.15) is 18.4 Å². The summed E-state index contributed by atoms with van der Waals surface area (Å²) in [6.45, 7) is 1.08. The van der Waals surface area contributed by atoms with Crippen LogP contribution in [0.2, 0.25) is 0 Å². The van der Waals surface area contributed by atoms with Crippen LogP contribution in [-0.2, 0) is 16.0 Å². The molecular weight excluding hydrogens is 348 g/mol. The maximum absolute atomic E-state index is 12.3. The Morgan fingerprint density at radius 3 is 2.81 bits per heavy atom. The number of fused-ring (bicyclic) bond motifs is 2. The highest BCUT2D eigenvalue weighted by Gasteiger charge is 2.20. The van der Waals surface area contributed by atoms with E-state index in [0.717, 1.165) is 23.5 Å². The summed E-state index contributed by atoms with van der Waals surface area (Å²) in [6.07, 6.45) is 1.85. The zero-order chi connectivity index (χ0) is 18.6. The Hall–Kier alpha value is -3.22. The van der Waals surface area contributed by atoms with E-state index in [2.05, 4.69) is 10.6 Å². The molecule has 2 amide bonds. The summed E-state index contributed by atoms with van der Waals surface area (Å²) in [5, 5.41) is 5.59. The van der Waals surface area contributed by atoms with Crippen molar-refractivity contribution in [2.24, 2.45) is 0 Å². The van der Waals surface area contributed by atoms with E-state index in [4.69, 9.17) is 14.2 Å². The molecule has 0 aliphatic carbocycles. The second kappa shape index (κ2) is 7.57. The van der Waals surface area contributed by atoms with Crippen LogP contribution in [0.5, 0.6) is 17.2 Å². The third-order valence-corrected chi connectivity index (χ3v) is 4.39. The van der Waals surface area contributed by atoms with Crippen molar-refractivity contribution in [1.29, 1.82) is 0 Å². The fraction of sp³-hybridized carbons (Fsp3) is 0.300. The lowest BCUT2D eigenvalue weighted by Gasteiger charge is -2.20. The fourth-order valence-electron chi connectivity index (χ4n) is 3.12. The normalized spacial score (nSPS) is 14.6. The van der Waals surface area contributed by atoms with Crippen molar-refractivity contribution in [3.8, 4) is 17.2 Å². The third-order valence-electron chi connectivity index (χ3n) is 4.39. The lowest BCUT2D eigenvalue weighted by molar-refractivity contribution is -0.118. The van der Waals surface area contributed by atoms with Crippen molar-refractivity contribution in [2.45, 2.75) is 19.3 Å². The van der Waals surface area contributed by atoms with Crippen molar-refractivity contribution < 1.29 is 23.8 Å². The number of carbonyl (C=O) groups is 2. The Bertz CT molecular complexity index is 881. The summed E-state index contributed by atoms with van der Waals surface area (Å²) in [7, 11) is 0. The summed E-state index contributed by atoms with van der Waals surface area (Å²) in [6, 6.07) is 11.1. The van der Waals surface area contributed by atoms with E-state index in [-0.39, 0.29) is 18.4 Å². The second-order valence-corrected chi connectivity index (χ2v) is 6.40. The monoisotopic (exact) mass is 368 g/mol. The molecule has 2 aromatic rings. The molecule has 2 aromatic carbocycles. The molecule has 0 atom stereocenters. The van der Waals surface area contributed by atoms with Crippen LogP contribution in [0, 0.1) is 0 Å². The maximum atomic E-state index is 12.3. The Morgan fingerprint density at radius 2 is 1.93 bits per heavy atom. The van der Waals surface area contributed by atoms with Gasteiger partial charge in [-0.15, -0.1) is 0 Å². The third kappa shape index (κ3) is 3.97. The number of hydrogen-bond donors (Lipinski definition) is 2. The first-order chi connectivity index (χ1) is 13.2. The number of rotatable bonds is 5. The summed E-state index contributed by atoms with van der Waals surface area (Å²) in [4.78, 5) is 23.7. The number of para-hydroxylation sites is 1. The molecule has 0 fully saturated rings. The van der Waals surface area contributed by atoms with Gasteiger partial charge in [0.25, 0.3) is 5.91 Å². The van der Waals surface area contributed by atoms with Crippen molar-refractivity contribution in [3.05, 3.63) is 42.0 Å². The van der Waals surface area contributed by atoms with E-state index < -0.39 is 0 Å². The molecule has 0 radical (unpaired) electrons. The first kappa shape index (κ1) is 17.2. The molecule has 0 saturated heterocycles. The Balaban J connectivity index is 1.32. The number of hydrogen-bond acceptors (Lipinski definition) is 5. The molecule has 2 aliphatic rings. The molecule has 140 valence electrons. The van der Waals surface area contributed by atoms with E-state index in [9.17, 15) is 9.59 Å². The van der Waals surface area contributed by atoms with Gasteiger partial charge in [0.2, 0.25) is 5.91 Å². The molecule has 0 unspecified atom stereocenters. The number of ether oxygens (including phenoxy) is 3. The lowest BCUT2D eigenvalue weighted by atomic mass is 10.1. The van der Waals surface area contributed by atoms with Crippen LogP contribution in [0.25, 0.3) is 0 Å². The van der Waals surface area contributed by atoms with Gasteiger partial charge in [0.1, 0.15) is 13.2 Å². The van der Waals surface area contributed by atoms with Crippen molar-refractivity contribution in [3.63, 3.8) is 0 Å².